The van der Waals surface area contributed by atoms with Crippen LogP contribution in [0.5, 0.6) is 0 Å². The Kier molecular flexibility index (Phi) is 1.68. The van der Waals surface area contributed by atoms with Gasteiger partial charge in [0.05, 0.1) is 0 Å². The summed E-state index contributed by atoms with van der Waals surface area (Å²) in [7, 11) is 0. The van der Waals surface area contributed by atoms with Gasteiger partial charge >= 0.3 is 0 Å². The standard InChI is InChI=1S/C12H17NO/c1-8-7-12(2,14-13-8)11-5-3-4-9-6-10(9)11/h3-5,8-10,13H,6-7H2,1-2H3. The molecule has 4 unspecified atom stereocenters. The third-order valence-electron chi connectivity index (χ3n) is 3.67. The fourth-order valence-corrected chi connectivity index (χ4v) is 2.85. The SMILES string of the molecule is CC1CC(C)(C2=CC=CC3CC23)ON1. The van der Waals surface area contributed by atoms with Gasteiger partial charge in [-0.3, -0.25) is 4.84 Å². The number of fused-ring (bicyclic) bond motifs is 1. The van der Waals surface area contributed by atoms with Gasteiger partial charge < -0.3 is 0 Å². The van der Waals surface area contributed by atoms with Gasteiger partial charge in [-0.25, -0.2) is 0 Å². The van der Waals surface area contributed by atoms with Gasteiger partial charge in [-0.05, 0) is 44.1 Å². The van der Waals surface area contributed by atoms with Crippen LogP contribution in [0.3, 0.4) is 0 Å². The van der Waals surface area contributed by atoms with Gasteiger partial charge in [0.25, 0.3) is 0 Å². The highest BCUT2D eigenvalue weighted by Gasteiger charge is 2.49. The lowest BCUT2D eigenvalue weighted by Crippen LogP contribution is -2.29. The maximum atomic E-state index is 5.74. The minimum Gasteiger partial charge on any atom is -0.291 e. The third kappa shape index (κ3) is 1.17. The van der Waals surface area contributed by atoms with E-state index in [1.54, 1.807) is 0 Å². The summed E-state index contributed by atoms with van der Waals surface area (Å²) in [5.41, 5.74) is 4.53. The molecule has 2 fully saturated rings. The minimum atomic E-state index is -0.0520. The zero-order valence-corrected chi connectivity index (χ0v) is 8.79. The summed E-state index contributed by atoms with van der Waals surface area (Å²) in [6.07, 6.45) is 9.20. The summed E-state index contributed by atoms with van der Waals surface area (Å²) in [6, 6.07) is 0.476. The molecule has 2 heteroatoms. The summed E-state index contributed by atoms with van der Waals surface area (Å²) in [5.74, 6) is 1.59. The second-order valence-electron chi connectivity index (χ2n) is 5.07. The summed E-state index contributed by atoms with van der Waals surface area (Å²) in [4.78, 5) is 5.74. The average molecular weight is 191 g/mol. The van der Waals surface area contributed by atoms with Crippen LogP contribution in [0.4, 0.5) is 0 Å². The van der Waals surface area contributed by atoms with Crippen molar-refractivity contribution in [3.05, 3.63) is 23.8 Å². The number of hydroxylamine groups is 1. The van der Waals surface area contributed by atoms with Crippen LogP contribution in [0.2, 0.25) is 0 Å². The molecule has 2 aliphatic carbocycles. The number of hydrogen-bond acceptors (Lipinski definition) is 2. The molecule has 1 heterocycles. The molecule has 1 saturated carbocycles. The quantitative estimate of drug-likeness (QED) is 0.686. The van der Waals surface area contributed by atoms with E-state index < -0.39 is 0 Å². The van der Waals surface area contributed by atoms with Crippen LogP contribution >= 0.6 is 0 Å². The largest absolute Gasteiger partial charge is 0.291 e. The molecule has 4 atom stereocenters. The summed E-state index contributed by atoms with van der Waals surface area (Å²) >= 11 is 0. The second kappa shape index (κ2) is 2.71. The van der Waals surface area contributed by atoms with Crippen molar-refractivity contribution in [2.45, 2.75) is 38.3 Å². The van der Waals surface area contributed by atoms with Crippen LogP contribution < -0.4 is 5.48 Å². The van der Waals surface area contributed by atoms with Gasteiger partial charge in [0, 0.05) is 6.04 Å². The van der Waals surface area contributed by atoms with E-state index in [1.807, 2.05) is 0 Å². The van der Waals surface area contributed by atoms with Crippen molar-refractivity contribution in [3.63, 3.8) is 0 Å². The van der Waals surface area contributed by atoms with Gasteiger partial charge in [-0.15, -0.1) is 0 Å². The fraction of sp³-hybridized carbons (Fsp3) is 0.667. The predicted octanol–water partition coefficient (Wildman–Crippen LogP) is 2.19. The predicted molar refractivity (Wildman–Crippen MR) is 55.5 cm³/mol. The number of nitrogens with one attached hydrogen (secondary N) is 1. The Labute approximate surface area is 85.0 Å². The molecule has 2 nitrogen and oxygen atoms in total. The Morgan fingerprint density at radius 3 is 3.14 bits per heavy atom. The highest BCUT2D eigenvalue weighted by molar-refractivity contribution is 5.36. The van der Waals surface area contributed by atoms with Crippen LogP contribution in [0.25, 0.3) is 0 Å². The number of allylic oxidation sites excluding steroid dienone is 3. The van der Waals surface area contributed by atoms with Crippen molar-refractivity contribution in [1.82, 2.24) is 5.48 Å². The van der Waals surface area contributed by atoms with Gasteiger partial charge in [-0.1, -0.05) is 18.2 Å². The van der Waals surface area contributed by atoms with Gasteiger partial charge in [0.1, 0.15) is 5.60 Å². The Hall–Kier alpha value is -0.600. The molecule has 0 aromatic carbocycles. The molecular formula is C12H17NO. The highest BCUT2D eigenvalue weighted by atomic mass is 16.7. The molecule has 1 N–H and O–H groups in total. The van der Waals surface area contributed by atoms with Gasteiger partial charge in [0.15, 0.2) is 0 Å². The normalized spacial score (nSPS) is 50.1. The van der Waals surface area contributed by atoms with Crippen LogP contribution in [0.15, 0.2) is 23.8 Å². The van der Waals surface area contributed by atoms with Gasteiger partial charge in [0.2, 0.25) is 0 Å². The van der Waals surface area contributed by atoms with E-state index in [2.05, 4.69) is 37.6 Å². The molecular weight excluding hydrogens is 174 g/mol. The number of hydrogen-bond donors (Lipinski definition) is 1. The maximum Gasteiger partial charge on any atom is 0.110 e. The van der Waals surface area contributed by atoms with Crippen LogP contribution in [0, 0.1) is 11.8 Å². The molecule has 0 radical (unpaired) electrons. The maximum absolute atomic E-state index is 5.74. The molecule has 3 rings (SSSR count). The van der Waals surface area contributed by atoms with Crippen LogP contribution in [-0.4, -0.2) is 11.6 Å². The Balaban J connectivity index is 1.87. The molecule has 0 amide bonds. The van der Waals surface area contributed by atoms with E-state index in [4.69, 9.17) is 4.84 Å². The lowest BCUT2D eigenvalue weighted by atomic mass is 9.85. The molecule has 0 aromatic heterocycles. The summed E-state index contributed by atoms with van der Waals surface area (Å²) in [5, 5.41) is 0. The molecule has 0 aromatic rings. The first-order valence-electron chi connectivity index (χ1n) is 5.51. The Morgan fingerprint density at radius 2 is 2.43 bits per heavy atom. The van der Waals surface area contributed by atoms with E-state index in [0.717, 1.165) is 18.3 Å². The summed E-state index contributed by atoms with van der Waals surface area (Å²) < 4.78 is 0. The highest BCUT2D eigenvalue weighted by Crippen LogP contribution is 2.52. The molecule has 14 heavy (non-hydrogen) atoms. The molecule has 76 valence electrons. The molecule has 1 saturated heterocycles. The third-order valence-corrected chi connectivity index (χ3v) is 3.67. The molecule has 3 aliphatic rings. The minimum absolute atomic E-state index is 0.0520. The van der Waals surface area contributed by atoms with Crippen LogP contribution in [0.1, 0.15) is 26.7 Å². The monoisotopic (exact) mass is 191 g/mol. The van der Waals surface area contributed by atoms with Crippen LogP contribution in [-0.2, 0) is 4.84 Å². The lowest BCUT2D eigenvalue weighted by molar-refractivity contribution is -0.0219. The second-order valence-corrected chi connectivity index (χ2v) is 5.07. The smallest absolute Gasteiger partial charge is 0.110 e. The van der Waals surface area contributed by atoms with Crippen molar-refractivity contribution in [2.24, 2.45) is 11.8 Å². The van der Waals surface area contributed by atoms with Crippen molar-refractivity contribution >= 4 is 0 Å². The fourth-order valence-electron chi connectivity index (χ4n) is 2.85. The first kappa shape index (κ1) is 8.69. The van der Waals surface area contributed by atoms with E-state index in [9.17, 15) is 0 Å². The molecule has 1 aliphatic heterocycles. The van der Waals surface area contributed by atoms with Crippen molar-refractivity contribution in [1.29, 1.82) is 0 Å². The first-order chi connectivity index (χ1) is 6.69. The van der Waals surface area contributed by atoms with Crippen molar-refractivity contribution in [3.8, 4) is 0 Å². The van der Waals surface area contributed by atoms with E-state index in [1.165, 1.54) is 12.0 Å². The van der Waals surface area contributed by atoms with Crippen molar-refractivity contribution < 1.29 is 4.84 Å². The molecule has 0 spiro atoms. The number of rotatable bonds is 1. The average Bonchev–Trinajstić information content (AvgIpc) is 2.86. The first-order valence-corrected chi connectivity index (χ1v) is 5.51. The van der Waals surface area contributed by atoms with E-state index in [0.29, 0.717) is 6.04 Å². The Morgan fingerprint density at radius 1 is 1.57 bits per heavy atom. The Bertz CT molecular complexity index is 320. The topological polar surface area (TPSA) is 21.3 Å². The molecule has 0 bridgehead atoms. The lowest BCUT2D eigenvalue weighted by Gasteiger charge is -2.26. The van der Waals surface area contributed by atoms with E-state index >= 15 is 0 Å². The zero-order chi connectivity index (χ0) is 9.76. The van der Waals surface area contributed by atoms with Crippen molar-refractivity contribution in [2.75, 3.05) is 0 Å². The van der Waals surface area contributed by atoms with E-state index in [-0.39, 0.29) is 5.60 Å². The van der Waals surface area contributed by atoms with Gasteiger partial charge in [-0.2, -0.15) is 5.48 Å². The zero-order valence-electron chi connectivity index (χ0n) is 8.79. The summed E-state index contributed by atoms with van der Waals surface area (Å²) in [6.45, 7) is 4.39.